The Morgan fingerprint density at radius 2 is 2.27 bits per heavy atom. The summed E-state index contributed by atoms with van der Waals surface area (Å²) < 4.78 is 0. The van der Waals surface area contributed by atoms with Crippen molar-refractivity contribution in [2.45, 2.75) is 32.7 Å². The highest BCUT2D eigenvalue weighted by Crippen LogP contribution is 2.19. The molecule has 0 fully saturated rings. The number of nitrogens with zero attached hydrogens (tertiary/aromatic N) is 1. The fourth-order valence-electron chi connectivity index (χ4n) is 1.64. The van der Waals surface area contributed by atoms with Gasteiger partial charge in [0.05, 0.1) is 0 Å². The maximum Gasteiger partial charge on any atom is 0.0335 e. The Hall–Kier alpha value is -1.15. The SMILES string of the molecule is C=C(C)CCC(NC)c1cncc(C)c1. The predicted octanol–water partition coefficient (Wildman–Crippen LogP) is 3.01. The first-order chi connectivity index (χ1) is 7.13. The molecule has 0 saturated carbocycles. The molecule has 1 heterocycles. The number of allylic oxidation sites excluding steroid dienone is 1. The molecule has 1 atom stereocenters. The Labute approximate surface area is 92.4 Å². The molecule has 1 rings (SSSR count). The van der Waals surface area contributed by atoms with Crippen molar-refractivity contribution in [1.82, 2.24) is 10.3 Å². The molecule has 0 saturated heterocycles. The third-order valence-corrected chi connectivity index (χ3v) is 2.51. The molecule has 15 heavy (non-hydrogen) atoms. The lowest BCUT2D eigenvalue weighted by atomic mass is 10.0. The van der Waals surface area contributed by atoms with Gasteiger partial charge in [0.25, 0.3) is 0 Å². The van der Waals surface area contributed by atoms with E-state index < -0.39 is 0 Å². The number of aryl methyl sites for hydroxylation is 1. The molecule has 2 heteroatoms. The molecule has 0 aromatic carbocycles. The Morgan fingerprint density at radius 3 is 2.80 bits per heavy atom. The van der Waals surface area contributed by atoms with Crippen LogP contribution in [-0.2, 0) is 0 Å². The first-order valence-corrected chi connectivity index (χ1v) is 5.36. The van der Waals surface area contributed by atoms with E-state index in [2.05, 4.69) is 36.8 Å². The Balaban J connectivity index is 2.69. The van der Waals surface area contributed by atoms with Crippen LogP contribution in [-0.4, -0.2) is 12.0 Å². The van der Waals surface area contributed by atoms with Crippen molar-refractivity contribution >= 4 is 0 Å². The van der Waals surface area contributed by atoms with Crippen LogP contribution >= 0.6 is 0 Å². The number of hydrogen-bond donors (Lipinski definition) is 1. The van der Waals surface area contributed by atoms with Crippen LogP contribution in [0.3, 0.4) is 0 Å². The van der Waals surface area contributed by atoms with Gasteiger partial charge in [-0.1, -0.05) is 11.6 Å². The molecular formula is C13H20N2. The molecule has 2 nitrogen and oxygen atoms in total. The van der Waals surface area contributed by atoms with Gasteiger partial charge in [-0.25, -0.2) is 0 Å². The van der Waals surface area contributed by atoms with E-state index in [-0.39, 0.29) is 0 Å². The first kappa shape index (κ1) is 11.9. The van der Waals surface area contributed by atoms with E-state index in [4.69, 9.17) is 0 Å². The van der Waals surface area contributed by atoms with Gasteiger partial charge < -0.3 is 5.32 Å². The fourth-order valence-corrected chi connectivity index (χ4v) is 1.64. The highest BCUT2D eigenvalue weighted by atomic mass is 14.9. The summed E-state index contributed by atoms with van der Waals surface area (Å²) in [7, 11) is 1.99. The average Bonchev–Trinajstić information content (AvgIpc) is 2.18. The van der Waals surface area contributed by atoms with Crippen molar-refractivity contribution in [2.75, 3.05) is 7.05 Å². The normalized spacial score (nSPS) is 12.5. The second-order valence-electron chi connectivity index (χ2n) is 4.13. The molecule has 1 aromatic heterocycles. The van der Waals surface area contributed by atoms with Crippen LogP contribution in [0.2, 0.25) is 0 Å². The van der Waals surface area contributed by atoms with Gasteiger partial charge >= 0.3 is 0 Å². The summed E-state index contributed by atoms with van der Waals surface area (Å²) in [4.78, 5) is 4.22. The summed E-state index contributed by atoms with van der Waals surface area (Å²) in [5.41, 5.74) is 3.71. The van der Waals surface area contributed by atoms with Gasteiger partial charge in [0.1, 0.15) is 0 Å². The summed E-state index contributed by atoms with van der Waals surface area (Å²) in [5, 5.41) is 3.32. The van der Waals surface area contributed by atoms with Crippen LogP contribution < -0.4 is 5.32 Å². The van der Waals surface area contributed by atoms with Crippen LogP contribution in [0.1, 0.15) is 36.9 Å². The number of rotatable bonds is 5. The minimum Gasteiger partial charge on any atom is -0.313 e. The lowest BCUT2D eigenvalue weighted by Crippen LogP contribution is -2.16. The Bertz CT molecular complexity index is 331. The second kappa shape index (κ2) is 5.66. The second-order valence-corrected chi connectivity index (χ2v) is 4.13. The van der Waals surface area contributed by atoms with E-state index in [1.165, 1.54) is 16.7 Å². The molecular weight excluding hydrogens is 184 g/mol. The molecule has 0 aliphatic heterocycles. The number of pyridine rings is 1. The smallest absolute Gasteiger partial charge is 0.0335 e. The third-order valence-electron chi connectivity index (χ3n) is 2.51. The predicted molar refractivity (Wildman–Crippen MR) is 64.8 cm³/mol. The van der Waals surface area contributed by atoms with Crippen molar-refractivity contribution in [2.24, 2.45) is 0 Å². The monoisotopic (exact) mass is 204 g/mol. The Kier molecular flexibility index (Phi) is 4.50. The standard InChI is InChI=1S/C13H20N2/c1-10(2)5-6-13(14-4)12-7-11(3)8-15-9-12/h7-9,13-14H,1,5-6H2,2-4H3. The van der Waals surface area contributed by atoms with E-state index >= 15 is 0 Å². The van der Waals surface area contributed by atoms with E-state index in [9.17, 15) is 0 Å². The lowest BCUT2D eigenvalue weighted by molar-refractivity contribution is 0.546. The van der Waals surface area contributed by atoms with Crippen LogP contribution in [0.25, 0.3) is 0 Å². The minimum absolute atomic E-state index is 0.383. The maximum absolute atomic E-state index is 4.22. The summed E-state index contributed by atoms with van der Waals surface area (Å²) in [6.07, 6.45) is 5.96. The number of hydrogen-bond acceptors (Lipinski definition) is 2. The van der Waals surface area contributed by atoms with Crippen molar-refractivity contribution in [1.29, 1.82) is 0 Å². The molecule has 1 unspecified atom stereocenters. The van der Waals surface area contributed by atoms with Crippen molar-refractivity contribution in [3.63, 3.8) is 0 Å². The molecule has 1 N–H and O–H groups in total. The summed E-state index contributed by atoms with van der Waals surface area (Å²) in [5.74, 6) is 0. The zero-order valence-electron chi connectivity index (χ0n) is 9.88. The van der Waals surface area contributed by atoms with Crippen molar-refractivity contribution in [3.05, 3.63) is 41.7 Å². The highest BCUT2D eigenvalue weighted by Gasteiger charge is 2.09. The van der Waals surface area contributed by atoms with Gasteiger partial charge in [-0.2, -0.15) is 0 Å². The van der Waals surface area contributed by atoms with Crippen LogP contribution in [0.15, 0.2) is 30.6 Å². The summed E-state index contributed by atoms with van der Waals surface area (Å²) >= 11 is 0. The largest absolute Gasteiger partial charge is 0.313 e. The topological polar surface area (TPSA) is 24.9 Å². The van der Waals surface area contributed by atoms with Crippen LogP contribution in [0.4, 0.5) is 0 Å². The highest BCUT2D eigenvalue weighted by molar-refractivity contribution is 5.20. The molecule has 1 aromatic rings. The van der Waals surface area contributed by atoms with E-state index in [1.54, 1.807) is 0 Å². The van der Waals surface area contributed by atoms with Gasteiger partial charge in [-0.15, -0.1) is 6.58 Å². The average molecular weight is 204 g/mol. The third kappa shape index (κ3) is 3.84. The van der Waals surface area contributed by atoms with E-state index in [0.29, 0.717) is 6.04 Å². The minimum atomic E-state index is 0.383. The zero-order chi connectivity index (χ0) is 11.3. The van der Waals surface area contributed by atoms with Gasteiger partial charge in [-0.3, -0.25) is 4.98 Å². The first-order valence-electron chi connectivity index (χ1n) is 5.36. The van der Waals surface area contributed by atoms with Crippen LogP contribution in [0, 0.1) is 6.92 Å². The molecule has 0 bridgehead atoms. The van der Waals surface area contributed by atoms with Gasteiger partial charge in [0, 0.05) is 18.4 Å². The Morgan fingerprint density at radius 1 is 1.53 bits per heavy atom. The van der Waals surface area contributed by atoms with E-state index in [0.717, 1.165) is 12.8 Å². The molecule has 0 aliphatic rings. The summed E-state index contributed by atoms with van der Waals surface area (Å²) in [6, 6.07) is 2.57. The summed E-state index contributed by atoms with van der Waals surface area (Å²) in [6.45, 7) is 8.07. The van der Waals surface area contributed by atoms with Gasteiger partial charge in [0.15, 0.2) is 0 Å². The van der Waals surface area contributed by atoms with Gasteiger partial charge in [0.2, 0.25) is 0 Å². The van der Waals surface area contributed by atoms with Crippen molar-refractivity contribution in [3.8, 4) is 0 Å². The van der Waals surface area contributed by atoms with E-state index in [1.807, 2.05) is 19.4 Å². The maximum atomic E-state index is 4.22. The molecule has 0 aliphatic carbocycles. The van der Waals surface area contributed by atoms with Crippen molar-refractivity contribution < 1.29 is 0 Å². The number of aromatic nitrogens is 1. The van der Waals surface area contributed by atoms with Gasteiger partial charge in [-0.05, 0) is 44.9 Å². The quantitative estimate of drug-likeness (QED) is 0.746. The lowest BCUT2D eigenvalue weighted by Gasteiger charge is -2.16. The molecule has 82 valence electrons. The molecule has 0 amide bonds. The number of nitrogens with one attached hydrogen (secondary N) is 1. The van der Waals surface area contributed by atoms with Crippen LogP contribution in [0.5, 0.6) is 0 Å². The zero-order valence-corrected chi connectivity index (χ0v) is 9.88. The fraction of sp³-hybridized carbons (Fsp3) is 0.462. The molecule has 0 spiro atoms. The molecule has 0 radical (unpaired) electrons.